The zero-order valence-corrected chi connectivity index (χ0v) is 11.4. The first-order valence-corrected chi connectivity index (χ1v) is 6.82. The summed E-state index contributed by atoms with van der Waals surface area (Å²) in [4.78, 5) is 0. The number of hydrogen-bond acceptors (Lipinski definition) is 1. The smallest absolute Gasteiger partial charge is 0.0302 e. The number of hydrogen-bond donors (Lipinski definition) is 1. The minimum absolute atomic E-state index is 0.187. The Bertz CT molecular complexity index is 371. The van der Waals surface area contributed by atoms with Crippen molar-refractivity contribution in [2.24, 2.45) is 11.1 Å². The first kappa shape index (κ1) is 12.6. The fourth-order valence-electron chi connectivity index (χ4n) is 2.71. The summed E-state index contributed by atoms with van der Waals surface area (Å²) in [7, 11) is 0. The standard InChI is InChI=1S/C16H25N/c1-16(2,3)11-15(17)14-10-5-4-9-13(14)12-7-6-8-12/h4-5,9-10,12,15H,6-8,11,17H2,1-3H3. The normalized spacial score (nSPS) is 18.8. The highest BCUT2D eigenvalue weighted by Crippen LogP contribution is 2.40. The summed E-state index contributed by atoms with van der Waals surface area (Å²) in [6.45, 7) is 6.79. The Morgan fingerprint density at radius 2 is 1.88 bits per heavy atom. The van der Waals surface area contributed by atoms with E-state index < -0.39 is 0 Å². The zero-order valence-electron chi connectivity index (χ0n) is 11.4. The van der Waals surface area contributed by atoms with Gasteiger partial charge in [-0.3, -0.25) is 0 Å². The molecule has 1 aliphatic carbocycles. The van der Waals surface area contributed by atoms with Crippen molar-refractivity contribution < 1.29 is 0 Å². The first-order chi connectivity index (χ1) is 7.97. The van der Waals surface area contributed by atoms with Crippen molar-refractivity contribution in [1.82, 2.24) is 0 Å². The lowest BCUT2D eigenvalue weighted by Gasteiger charge is -2.31. The summed E-state index contributed by atoms with van der Waals surface area (Å²) in [5, 5.41) is 0. The molecule has 1 heteroatoms. The van der Waals surface area contributed by atoms with Gasteiger partial charge in [0.25, 0.3) is 0 Å². The minimum Gasteiger partial charge on any atom is -0.324 e. The maximum atomic E-state index is 6.40. The lowest BCUT2D eigenvalue weighted by molar-refractivity contribution is 0.338. The van der Waals surface area contributed by atoms with Crippen molar-refractivity contribution in [2.75, 3.05) is 0 Å². The van der Waals surface area contributed by atoms with Crippen molar-refractivity contribution in [3.8, 4) is 0 Å². The van der Waals surface area contributed by atoms with Crippen LogP contribution in [0.2, 0.25) is 0 Å². The monoisotopic (exact) mass is 231 g/mol. The van der Waals surface area contributed by atoms with E-state index in [1.165, 1.54) is 30.4 Å². The van der Waals surface area contributed by atoms with Gasteiger partial charge in [0.2, 0.25) is 0 Å². The third-order valence-electron chi connectivity index (χ3n) is 3.77. The lowest BCUT2D eigenvalue weighted by Crippen LogP contribution is -2.22. The maximum Gasteiger partial charge on any atom is 0.0302 e. The molecule has 17 heavy (non-hydrogen) atoms. The van der Waals surface area contributed by atoms with E-state index in [9.17, 15) is 0 Å². The highest BCUT2D eigenvalue weighted by atomic mass is 14.6. The van der Waals surface area contributed by atoms with Crippen LogP contribution in [-0.4, -0.2) is 0 Å². The molecule has 94 valence electrons. The molecule has 2 rings (SSSR count). The van der Waals surface area contributed by atoms with Gasteiger partial charge in [-0.1, -0.05) is 51.5 Å². The molecule has 2 N–H and O–H groups in total. The van der Waals surface area contributed by atoms with Crippen LogP contribution in [0.15, 0.2) is 24.3 Å². The molecule has 0 aromatic heterocycles. The molecule has 1 aliphatic rings. The Morgan fingerprint density at radius 1 is 1.24 bits per heavy atom. The van der Waals surface area contributed by atoms with Crippen LogP contribution in [0.1, 0.15) is 69.5 Å². The highest BCUT2D eigenvalue weighted by Gasteiger charge is 2.25. The maximum absolute atomic E-state index is 6.40. The molecule has 1 aromatic rings. The molecule has 1 nitrogen and oxygen atoms in total. The van der Waals surface area contributed by atoms with Gasteiger partial charge < -0.3 is 5.73 Å². The van der Waals surface area contributed by atoms with Crippen molar-refractivity contribution >= 4 is 0 Å². The van der Waals surface area contributed by atoms with Crippen molar-refractivity contribution in [2.45, 2.75) is 58.4 Å². The minimum atomic E-state index is 0.187. The second-order valence-electron chi connectivity index (χ2n) is 6.63. The average molecular weight is 231 g/mol. The van der Waals surface area contributed by atoms with Gasteiger partial charge in [-0.25, -0.2) is 0 Å². The largest absolute Gasteiger partial charge is 0.324 e. The van der Waals surface area contributed by atoms with Crippen molar-refractivity contribution in [1.29, 1.82) is 0 Å². The average Bonchev–Trinajstić information content (AvgIpc) is 2.13. The SMILES string of the molecule is CC(C)(C)CC(N)c1ccccc1C1CCC1. The predicted molar refractivity (Wildman–Crippen MR) is 74.0 cm³/mol. The molecular formula is C16H25N. The van der Waals surface area contributed by atoms with Crippen LogP contribution in [-0.2, 0) is 0 Å². The molecule has 1 fully saturated rings. The predicted octanol–water partition coefficient (Wildman–Crippen LogP) is 4.39. The van der Waals surface area contributed by atoms with Crippen LogP contribution in [0, 0.1) is 5.41 Å². The molecule has 0 radical (unpaired) electrons. The summed E-state index contributed by atoms with van der Waals surface area (Å²) in [5.74, 6) is 0.775. The molecule has 1 saturated carbocycles. The van der Waals surface area contributed by atoms with E-state index in [-0.39, 0.29) is 6.04 Å². The van der Waals surface area contributed by atoms with Crippen molar-refractivity contribution in [3.63, 3.8) is 0 Å². The van der Waals surface area contributed by atoms with E-state index >= 15 is 0 Å². The first-order valence-electron chi connectivity index (χ1n) is 6.82. The summed E-state index contributed by atoms with van der Waals surface area (Å²) in [5.41, 5.74) is 9.59. The van der Waals surface area contributed by atoms with E-state index in [1.807, 2.05) is 0 Å². The second kappa shape index (κ2) is 4.81. The van der Waals surface area contributed by atoms with Crippen LogP contribution in [0.4, 0.5) is 0 Å². The van der Waals surface area contributed by atoms with Crippen LogP contribution in [0.5, 0.6) is 0 Å². The highest BCUT2D eigenvalue weighted by molar-refractivity contribution is 5.34. The van der Waals surface area contributed by atoms with Crippen LogP contribution >= 0.6 is 0 Å². The topological polar surface area (TPSA) is 26.0 Å². The molecule has 1 aromatic carbocycles. The third kappa shape index (κ3) is 3.10. The Labute approximate surface area is 105 Å². The molecule has 1 atom stereocenters. The molecule has 1 unspecified atom stereocenters. The molecule has 0 bridgehead atoms. The number of rotatable bonds is 3. The molecular weight excluding hydrogens is 206 g/mol. The zero-order chi connectivity index (χ0) is 12.5. The fraction of sp³-hybridized carbons (Fsp3) is 0.625. The summed E-state index contributed by atoms with van der Waals surface area (Å²) < 4.78 is 0. The van der Waals surface area contributed by atoms with E-state index in [0.29, 0.717) is 5.41 Å². The van der Waals surface area contributed by atoms with E-state index in [1.54, 1.807) is 0 Å². The van der Waals surface area contributed by atoms with Gasteiger partial charge in [0.15, 0.2) is 0 Å². The van der Waals surface area contributed by atoms with Gasteiger partial charge in [-0.2, -0.15) is 0 Å². The summed E-state index contributed by atoms with van der Waals surface area (Å²) in [6.07, 6.45) is 5.13. The van der Waals surface area contributed by atoms with Gasteiger partial charge in [0, 0.05) is 6.04 Å². The quantitative estimate of drug-likeness (QED) is 0.820. The molecule has 0 aliphatic heterocycles. The number of nitrogens with two attached hydrogens (primary N) is 1. The Kier molecular flexibility index (Phi) is 3.58. The molecule has 0 amide bonds. The van der Waals surface area contributed by atoms with Crippen molar-refractivity contribution in [3.05, 3.63) is 35.4 Å². The molecule has 0 spiro atoms. The van der Waals surface area contributed by atoms with Gasteiger partial charge in [-0.15, -0.1) is 0 Å². The summed E-state index contributed by atoms with van der Waals surface area (Å²) in [6, 6.07) is 8.97. The van der Waals surface area contributed by atoms with Gasteiger partial charge in [-0.05, 0) is 41.7 Å². The van der Waals surface area contributed by atoms with E-state index in [0.717, 1.165) is 12.3 Å². The van der Waals surface area contributed by atoms with Crippen LogP contribution in [0.25, 0.3) is 0 Å². The Hall–Kier alpha value is -0.820. The van der Waals surface area contributed by atoms with E-state index in [4.69, 9.17) is 5.73 Å². The van der Waals surface area contributed by atoms with E-state index in [2.05, 4.69) is 45.0 Å². The van der Waals surface area contributed by atoms with Gasteiger partial charge >= 0.3 is 0 Å². The fourth-order valence-corrected chi connectivity index (χ4v) is 2.71. The lowest BCUT2D eigenvalue weighted by atomic mass is 9.75. The molecule has 0 heterocycles. The van der Waals surface area contributed by atoms with Crippen LogP contribution < -0.4 is 5.73 Å². The van der Waals surface area contributed by atoms with Gasteiger partial charge in [0.1, 0.15) is 0 Å². The van der Waals surface area contributed by atoms with Gasteiger partial charge in [0.05, 0.1) is 0 Å². The number of benzene rings is 1. The summed E-state index contributed by atoms with van der Waals surface area (Å²) >= 11 is 0. The Balaban J connectivity index is 2.19. The van der Waals surface area contributed by atoms with Crippen LogP contribution in [0.3, 0.4) is 0 Å². The molecule has 0 saturated heterocycles. The Morgan fingerprint density at radius 3 is 2.41 bits per heavy atom. The third-order valence-corrected chi connectivity index (χ3v) is 3.77. The second-order valence-corrected chi connectivity index (χ2v) is 6.63.